The molecule has 17 heavy (non-hydrogen) atoms. The second-order valence-corrected chi connectivity index (χ2v) is 3.61. The largest absolute Gasteiger partial charge is 0.306 e. The lowest BCUT2D eigenvalue weighted by atomic mass is 10.1. The zero-order valence-electron chi connectivity index (χ0n) is 9.06. The van der Waals surface area contributed by atoms with Crippen LogP contribution in [0.5, 0.6) is 0 Å². The minimum absolute atomic E-state index is 0.928. The van der Waals surface area contributed by atoms with Crippen molar-refractivity contribution in [3.8, 4) is 16.9 Å². The van der Waals surface area contributed by atoms with Gasteiger partial charge in [-0.05, 0) is 18.2 Å². The van der Waals surface area contributed by atoms with Crippen LogP contribution in [0.1, 0.15) is 0 Å². The third kappa shape index (κ3) is 1.92. The summed E-state index contributed by atoms with van der Waals surface area (Å²) in [7, 11) is 0. The molecule has 0 aliphatic carbocycles. The number of rotatable bonds is 2. The summed E-state index contributed by atoms with van der Waals surface area (Å²) in [6.45, 7) is 0. The van der Waals surface area contributed by atoms with Crippen molar-refractivity contribution in [1.29, 1.82) is 0 Å². The molecule has 0 N–H and O–H groups in total. The summed E-state index contributed by atoms with van der Waals surface area (Å²) in [6.07, 6.45) is 8.75. The fourth-order valence-electron chi connectivity index (χ4n) is 1.68. The summed E-state index contributed by atoms with van der Waals surface area (Å²) in [4.78, 5) is 12.1. The van der Waals surface area contributed by atoms with Crippen LogP contribution in [0, 0.1) is 0 Å². The molecule has 2 heterocycles. The van der Waals surface area contributed by atoms with Gasteiger partial charge in [-0.1, -0.05) is 12.1 Å². The molecule has 0 fully saturated rings. The lowest BCUT2D eigenvalue weighted by molar-refractivity contribution is 1.06. The van der Waals surface area contributed by atoms with Crippen LogP contribution in [0.2, 0.25) is 0 Å². The number of benzene rings is 1. The van der Waals surface area contributed by atoms with Gasteiger partial charge in [0.05, 0.1) is 12.0 Å². The number of imidazole rings is 1. The molecule has 82 valence electrons. The minimum Gasteiger partial charge on any atom is -0.306 e. The number of nitrogens with zero attached hydrogens (tertiary/aromatic N) is 4. The van der Waals surface area contributed by atoms with Gasteiger partial charge in [-0.25, -0.2) is 15.0 Å². The van der Waals surface area contributed by atoms with Crippen molar-refractivity contribution >= 4 is 0 Å². The highest BCUT2D eigenvalue weighted by Crippen LogP contribution is 2.17. The Bertz CT molecular complexity index is 585. The van der Waals surface area contributed by atoms with E-state index in [2.05, 4.69) is 15.0 Å². The highest BCUT2D eigenvalue weighted by molar-refractivity contribution is 5.60. The summed E-state index contributed by atoms with van der Waals surface area (Å²) in [5, 5.41) is 0. The van der Waals surface area contributed by atoms with Crippen molar-refractivity contribution in [1.82, 2.24) is 19.5 Å². The Labute approximate surface area is 98.6 Å². The molecule has 0 saturated carbocycles. The van der Waals surface area contributed by atoms with E-state index in [9.17, 15) is 0 Å². The Morgan fingerprint density at radius 3 is 2.41 bits per heavy atom. The number of aromatic nitrogens is 4. The van der Waals surface area contributed by atoms with Crippen LogP contribution >= 0.6 is 0 Å². The second-order valence-electron chi connectivity index (χ2n) is 3.61. The molecule has 4 nitrogen and oxygen atoms in total. The maximum atomic E-state index is 4.21. The van der Waals surface area contributed by atoms with Crippen molar-refractivity contribution < 1.29 is 0 Å². The third-order valence-electron chi connectivity index (χ3n) is 2.55. The average Bonchev–Trinajstić information content (AvgIpc) is 2.94. The fourth-order valence-corrected chi connectivity index (χ4v) is 1.68. The predicted molar refractivity (Wildman–Crippen MR) is 64.6 cm³/mol. The Balaban J connectivity index is 1.96. The van der Waals surface area contributed by atoms with Crippen molar-refractivity contribution in [2.75, 3.05) is 0 Å². The van der Waals surface area contributed by atoms with Crippen molar-refractivity contribution in [3.63, 3.8) is 0 Å². The molecule has 0 radical (unpaired) electrons. The van der Waals surface area contributed by atoms with Gasteiger partial charge < -0.3 is 4.57 Å². The van der Waals surface area contributed by atoms with Crippen LogP contribution < -0.4 is 0 Å². The lowest BCUT2D eigenvalue weighted by Crippen LogP contribution is -1.90. The summed E-state index contributed by atoms with van der Waals surface area (Å²) in [5.41, 5.74) is 3.09. The molecule has 0 unspecified atom stereocenters. The molecule has 0 aliphatic heterocycles. The summed E-state index contributed by atoms with van der Waals surface area (Å²) >= 11 is 0. The Hall–Kier alpha value is -2.49. The lowest BCUT2D eigenvalue weighted by Gasteiger charge is -2.03. The van der Waals surface area contributed by atoms with Crippen molar-refractivity contribution in [3.05, 3.63) is 61.6 Å². The van der Waals surface area contributed by atoms with Gasteiger partial charge in [-0.2, -0.15) is 0 Å². The molecule has 3 rings (SSSR count). The van der Waals surface area contributed by atoms with Crippen LogP contribution in [0.15, 0.2) is 61.6 Å². The van der Waals surface area contributed by atoms with Gasteiger partial charge in [0.1, 0.15) is 6.33 Å². The minimum atomic E-state index is 0.928. The van der Waals surface area contributed by atoms with Gasteiger partial charge in [0.25, 0.3) is 0 Å². The highest BCUT2D eigenvalue weighted by Gasteiger charge is 1.99. The number of hydrogen-bond donors (Lipinski definition) is 0. The van der Waals surface area contributed by atoms with Gasteiger partial charge in [-0.15, -0.1) is 0 Å². The van der Waals surface area contributed by atoms with E-state index >= 15 is 0 Å². The average molecular weight is 222 g/mol. The van der Waals surface area contributed by atoms with Crippen LogP contribution in [0.25, 0.3) is 16.9 Å². The van der Waals surface area contributed by atoms with E-state index < -0.39 is 0 Å². The van der Waals surface area contributed by atoms with Crippen LogP contribution in [-0.2, 0) is 0 Å². The second kappa shape index (κ2) is 4.17. The summed E-state index contributed by atoms with van der Waals surface area (Å²) in [5.74, 6) is 0. The Morgan fingerprint density at radius 2 is 1.76 bits per heavy atom. The molecule has 1 aromatic carbocycles. The Kier molecular flexibility index (Phi) is 2.38. The standard InChI is InChI=1S/C13H10N4/c1-3-12(17-8-7-15-10-17)4-2-11(1)13-5-6-14-9-16-13/h1-10H. The highest BCUT2D eigenvalue weighted by atomic mass is 15.0. The molecular weight excluding hydrogens is 212 g/mol. The first kappa shape index (κ1) is 9.72. The van der Waals surface area contributed by atoms with E-state index in [0.717, 1.165) is 16.9 Å². The monoisotopic (exact) mass is 222 g/mol. The molecule has 4 heteroatoms. The maximum absolute atomic E-state index is 4.21. The van der Waals surface area contributed by atoms with Crippen LogP contribution in [0.3, 0.4) is 0 Å². The van der Waals surface area contributed by atoms with E-state index in [1.165, 1.54) is 0 Å². The third-order valence-corrected chi connectivity index (χ3v) is 2.55. The fraction of sp³-hybridized carbons (Fsp3) is 0. The molecule has 0 aliphatic rings. The number of hydrogen-bond acceptors (Lipinski definition) is 3. The van der Waals surface area contributed by atoms with Crippen molar-refractivity contribution in [2.24, 2.45) is 0 Å². The predicted octanol–water partition coefficient (Wildman–Crippen LogP) is 2.33. The van der Waals surface area contributed by atoms with Gasteiger partial charge in [0, 0.05) is 29.8 Å². The SMILES string of the molecule is c1cc(-c2ccc(-n3ccnc3)cc2)ncn1. The molecule has 0 bridgehead atoms. The van der Waals surface area contributed by atoms with E-state index in [1.54, 1.807) is 25.0 Å². The zero-order chi connectivity index (χ0) is 11.5. The first-order chi connectivity index (χ1) is 8.43. The van der Waals surface area contributed by atoms with E-state index in [4.69, 9.17) is 0 Å². The van der Waals surface area contributed by atoms with E-state index in [0.29, 0.717) is 0 Å². The van der Waals surface area contributed by atoms with Gasteiger partial charge >= 0.3 is 0 Å². The van der Waals surface area contributed by atoms with Crippen molar-refractivity contribution in [2.45, 2.75) is 0 Å². The van der Waals surface area contributed by atoms with E-state index in [1.807, 2.05) is 41.1 Å². The van der Waals surface area contributed by atoms with Crippen LogP contribution in [-0.4, -0.2) is 19.5 Å². The first-order valence-electron chi connectivity index (χ1n) is 5.28. The maximum Gasteiger partial charge on any atom is 0.116 e. The molecule has 2 aromatic heterocycles. The zero-order valence-corrected chi connectivity index (χ0v) is 9.06. The molecule has 0 amide bonds. The van der Waals surface area contributed by atoms with Gasteiger partial charge in [-0.3, -0.25) is 0 Å². The quantitative estimate of drug-likeness (QED) is 0.668. The molecule has 0 saturated heterocycles. The normalized spacial score (nSPS) is 10.4. The summed E-state index contributed by atoms with van der Waals surface area (Å²) < 4.78 is 1.96. The van der Waals surface area contributed by atoms with Gasteiger partial charge in [0.2, 0.25) is 0 Å². The molecule has 3 aromatic rings. The first-order valence-corrected chi connectivity index (χ1v) is 5.28. The Morgan fingerprint density at radius 1 is 0.882 bits per heavy atom. The van der Waals surface area contributed by atoms with E-state index in [-0.39, 0.29) is 0 Å². The van der Waals surface area contributed by atoms with Gasteiger partial charge in [0.15, 0.2) is 0 Å². The topological polar surface area (TPSA) is 43.6 Å². The summed E-state index contributed by atoms with van der Waals surface area (Å²) in [6, 6.07) is 10.1. The smallest absolute Gasteiger partial charge is 0.116 e. The molecule has 0 atom stereocenters. The van der Waals surface area contributed by atoms with Crippen LogP contribution in [0.4, 0.5) is 0 Å². The molecular formula is C13H10N4. The molecule has 0 spiro atoms.